The number of ether oxygens (including phenoxy) is 1. The molecular weight excluding hydrogens is 448 g/mol. The topological polar surface area (TPSA) is 97.1 Å². The number of aromatic nitrogens is 3. The Labute approximate surface area is 205 Å². The number of carbonyl (C=O) groups is 1. The highest BCUT2D eigenvalue weighted by Gasteiger charge is 2.29. The lowest BCUT2D eigenvalue weighted by atomic mass is 10.1. The van der Waals surface area contributed by atoms with Gasteiger partial charge >= 0.3 is 0 Å². The third-order valence-corrected chi connectivity index (χ3v) is 7.55. The van der Waals surface area contributed by atoms with E-state index in [0.717, 1.165) is 84.2 Å². The monoisotopic (exact) mass is 485 g/mol. The van der Waals surface area contributed by atoms with Crippen LogP contribution in [0.15, 0.2) is 18.2 Å². The second-order valence-corrected chi connectivity index (χ2v) is 10.3. The Hall–Kier alpha value is -2.36. The lowest BCUT2D eigenvalue weighted by Crippen LogP contribution is -2.58. The summed E-state index contributed by atoms with van der Waals surface area (Å²) < 4.78 is 6.71. The average Bonchev–Trinajstić information content (AvgIpc) is 3.28. The number of nitrogen functional groups attached to an aromatic ring is 1. The number of benzene rings is 1. The van der Waals surface area contributed by atoms with Crippen LogP contribution in [0, 0.1) is 0 Å². The molecule has 34 heavy (non-hydrogen) atoms. The molecule has 0 bridgehead atoms. The second kappa shape index (κ2) is 10.9. The summed E-state index contributed by atoms with van der Waals surface area (Å²) in [5.74, 6) is 1.49. The number of anilines is 2. The van der Waals surface area contributed by atoms with Gasteiger partial charge < -0.3 is 24.8 Å². The number of likely N-dealkylation sites (N-methyl/N-ethyl adjacent to an activating group) is 1. The molecule has 3 heterocycles. The molecule has 2 aromatic heterocycles. The van der Waals surface area contributed by atoms with Crippen LogP contribution in [0.2, 0.25) is 0 Å². The number of carbonyl (C=O) groups excluding carboxylic acids is 1. The third-order valence-electron chi connectivity index (χ3n) is 6.89. The summed E-state index contributed by atoms with van der Waals surface area (Å²) >= 11 is 1.27. The van der Waals surface area contributed by atoms with Gasteiger partial charge in [0.05, 0.1) is 52.0 Å². The molecule has 184 valence electrons. The SMILES string of the molecule is CCCCc1nc2c([nH]1)c(N)nc1ccc(N3CC[N+](C)(CCOCCC(=O)SC)CC3)cc12. The molecule has 0 atom stereocenters. The minimum atomic E-state index is 0.187. The van der Waals surface area contributed by atoms with Crippen molar-refractivity contribution in [2.75, 3.05) is 69.9 Å². The minimum Gasteiger partial charge on any atom is -0.382 e. The molecular formula is C25H37N6O2S+. The maximum atomic E-state index is 11.4. The van der Waals surface area contributed by atoms with E-state index in [2.05, 4.69) is 47.0 Å². The Bertz CT molecular complexity index is 1140. The summed E-state index contributed by atoms with van der Waals surface area (Å²) in [6.45, 7) is 8.46. The number of fused-ring (bicyclic) bond motifs is 3. The van der Waals surface area contributed by atoms with Crippen LogP contribution >= 0.6 is 11.8 Å². The van der Waals surface area contributed by atoms with Crippen molar-refractivity contribution in [3.8, 4) is 0 Å². The van der Waals surface area contributed by atoms with Gasteiger partial charge in [-0.15, -0.1) is 0 Å². The molecule has 3 N–H and O–H groups in total. The number of nitrogens with one attached hydrogen (secondary N) is 1. The summed E-state index contributed by atoms with van der Waals surface area (Å²) in [4.78, 5) is 26.7. The van der Waals surface area contributed by atoms with Crippen LogP contribution in [0.5, 0.6) is 0 Å². The van der Waals surface area contributed by atoms with Crippen LogP contribution in [-0.4, -0.2) is 83.8 Å². The Morgan fingerprint density at radius 1 is 1.26 bits per heavy atom. The zero-order valence-electron chi connectivity index (χ0n) is 20.6. The first-order valence-electron chi connectivity index (χ1n) is 12.2. The highest BCUT2D eigenvalue weighted by molar-refractivity contribution is 8.13. The quantitative estimate of drug-likeness (QED) is 0.334. The van der Waals surface area contributed by atoms with E-state index in [-0.39, 0.29) is 5.12 Å². The normalized spacial score (nSPS) is 15.9. The highest BCUT2D eigenvalue weighted by Crippen LogP contribution is 2.30. The van der Waals surface area contributed by atoms with E-state index in [0.29, 0.717) is 25.5 Å². The van der Waals surface area contributed by atoms with Gasteiger partial charge in [-0.05, 0) is 30.9 Å². The van der Waals surface area contributed by atoms with Crippen LogP contribution in [0.1, 0.15) is 32.0 Å². The number of aryl methyl sites for hydroxylation is 1. The first-order chi connectivity index (χ1) is 16.4. The van der Waals surface area contributed by atoms with Crippen molar-refractivity contribution in [3.05, 3.63) is 24.0 Å². The molecule has 0 amide bonds. The summed E-state index contributed by atoms with van der Waals surface area (Å²) in [6, 6.07) is 6.43. The van der Waals surface area contributed by atoms with Crippen LogP contribution < -0.4 is 10.6 Å². The van der Waals surface area contributed by atoms with E-state index in [1.165, 1.54) is 17.4 Å². The molecule has 1 saturated heterocycles. The van der Waals surface area contributed by atoms with E-state index >= 15 is 0 Å². The standard InChI is InChI=1S/C25H37N6O2S/c1-4-5-6-21-28-23-19-17-18(7-8-20(19)27-25(26)24(23)29-21)30-10-12-31(2,13-11-30)14-16-33-15-9-22(32)34-3/h7-8,17H,4-6,9-16H2,1-3H3,(H2,26,27)(H,28,29)/q+1. The van der Waals surface area contributed by atoms with Crippen molar-refractivity contribution in [3.63, 3.8) is 0 Å². The fourth-order valence-electron chi connectivity index (χ4n) is 4.53. The van der Waals surface area contributed by atoms with Crippen LogP contribution in [0.3, 0.4) is 0 Å². The molecule has 1 aliphatic heterocycles. The number of piperazine rings is 1. The molecule has 9 heteroatoms. The summed E-state index contributed by atoms with van der Waals surface area (Å²) in [7, 11) is 2.30. The maximum Gasteiger partial charge on any atom is 0.190 e. The highest BCUT2D eigenvalue weighted by atomic mass is 32.2. The van der Waals surface area contributed by atoms with Crippen LogP contribution in [0.25, 0.3) is 21.9 Å². The number of hydrogen-bond acceptors (Lipinski definition) is 7. The number of hydrogen-bond donors (Lipinski definition) is 2. The predicted molar refractivity (Wildman–Crippen MR) is 141 cm³/mol. The lowest BCUT2D eigenvalue weighted by Gasteiger charge is -2.42. The Kier molecular flexibility index (Phi) is 7.95. The number of imidazole rings is 1. The zero-order chi connectivity index (χ0) is 24.1. The number of rotatable bonds is 10. The number of H-pyrrole nitrogens is 1. The van der Waals surface area contributed by atoms with Crippen LogP contribution in [0.4, 0.5) is 11.5 Å². The molecule has 4 rings (SSSR count). The molecule has 8 nitrogen and oxygen atoms in total. The van der Waals surface area contributed by atoms with Gasteiger partial charge in [0.15, 0.2) is 5.12 Å². The number of nitrogens with zero attached hydrogens (tertiary/aromatic N) is 4. The largest absolute Gasteiger partial charge is 0.382 e. The molecule has 1 aliphatic rings. The molecule has 0 aliphatic carbocycles. The maximum absolute atomic E-state index is 11.4. The number of unbranched alkanes of at least 4 members (excludes halogenated alkanes) is 1. The first-order valence-corrected chi connectivity index (χ1v) is 13.5. The summed E-state index contributed by atoms with van der Waals surface area (Å²) in [5.41, 5.74) is 10.1. The Morgan fingerprint density at radius 2 is 2.06 bits per heavy atom. The molecule has 0 saturated carbocycles. The lowest BCUT2D eigenvalue weighted by molar-refractivity contribution is -0.910. The second-order valence-electron chi connectivity index (χ2n) is 9.43. The molecule has 1 aromatic carbocycles. The van der Waals surface area contributed by atoms with Gasteiger partial charge in [0.2, 0.25) is 0 Å². The summed E-state index contributed by atoms with van der Waals surface area (Å²) in [5, 5.41) is 1.24. The van der Waals surface area contributed by atoms with E-state index in [4.69, 9.17) is 15.5 Å². The Balaban J connectivity index is 1.42. The van der Waals surface area contributed by atoms with Gasteiger partial charge in [0.25, 0.3) is 0 Å². The van der Waals surface area contributed by atoms with E-state index in [1.807, 2.05) is 6.26 Å². The van der Waals surface area contributed by atoms with Crippen molar-refractivity contribution < 1.29 is 14.0 Å². The third kappa shape index (κ3) is 5.64. The van der Waals surface area contributed by atoms with Gasteiger partial charge in [-0.1, -0.05) is 25.1 Å². The van der Waals surface area contributed by atoms with Gasteiger partial charge in [-0.2, -0.15) is 0 Å². The number of quaternary nitrogens is 1. The van der Waals surface area contributed by atoms with Gasteiger partial charge in [0, 0.05) is 23.9 Å². The van der Waals surface area contributed by atoms with Gasteiger partial charge in [0.1, 0.15) is 29.2 Å². The van der Waals surface area contributed by atoms with Crippen molar-refractivity contribution >= 4 is 50.3 Å². The van der Waals surface area contributed by atoms with Gasteiger partial charge in [-0.25, -0.2) is 9.97 Å². The summed E-state index contributed by atoms with van der Waals surface area (Å²) in [6.07, 6.45) is 5.46. The van der Waals surface area contributed by atoms with Crippen LogP contribution in [-0.2, 0) is 16.0 Å². The van der Waals surface area contributed by atoms with Crippen molar-refractivity contribution in [2.24, 2.45) is 0 Å². The fraction of sp³-hybridized carbons (Fsp3) is 0.560. The predicted octanol–water partition coefficient (Wildman–Crippen LogP) is 3.60. The first kappa shape index (κ1) is 24.8. The van der Waals surface area contributed by atoms with Gasteiger partial charge in [-0.3, -0.25) is 4.79 Å². The number of pyridine rings is 1. The smallest absolute Gasteiger partial charge is 0.190 e. The number of nitrogens with two attached hydrogens (primary N) is 1. The Morgan fingerprint density at radius 3 is 2.79 bits per heavy atom. The minimum absolute atomic E-state index is 0.187. The molecule has 1 fully saturated rings. The van der Waals surface area contributed by atoms with Crippen molar-refractivity contribution in [2.45, 2.75) is 32.6 Å². The fourth-order valence-corrected chi connectivity index (χ4v) is 4.82. The average molecular weight is 486 g/mol. The van der Waals surface area contributed by atoms with E-state index < -0.39 is 0 Å². The number of thioether (sulfide) groups is 1. The zero-order valence-corrected chi connectivity index (χ0v) is 21.4. The molecule has 3 aromatic rings. The van der Waals surface area contributed by atoms with Crippen molar-refractivity contribution in [1.82, 2.24) is 15.0 Å². The molecule has 0 radical (unpaired) electrons. The molecule has 0 unspecified atom stereocenters. The van der Waals surface area contributed by atoms with E-state index in [9.17, 15) is 4.79 Å². The molecule has 0 spiro atoms. The van der Waals surface area contributed by atoms with E-state index in [1.54, 1.807) is 0 Å². The van der Waals surface area contributed by atoms with Crippen molar-refractivity contribution in [1.29, 1.82) is 0 Å². The number of aromatic amines is 1.